The number of rotatable bonds is 7. The van der Waals surface area contributed by atoms with Gasteiger partial charge < -0.3 is 0 Å². The molecular weight excluding hydrogens is 506 g/mol. The second-order valence-electron chi connectivity index (χ2n) is 8.36. The molecule has 1 atom stereocenters. The number of halogens is 1. The Bertz CT molecular complexity index is 1420. The maximum absolute atomic E-state index is 13.8. The molecular formula is C24H24ClN5O3S2. The summed E-state index contributed by atoms with van der Waals surface area (Å²) in [7, 11) is -3.67. The van der Waals surface area contributed by atoms with E-state index in [4.69, 9.17) is 11.6 Å². The summed E-state index contributed by atoms with van der Waals surface area (Å²) in [6, 6.07) is 15.7. The summed E-state index contributed by atoms with van der Waals surface area (Å²) >= 11 is 7.74. The Kier molecular flexibility index (Phi) is 6.88. The summed E-state index contributed by atoms with van der Waals surface area (Å²) in [6.07, 6.45) is 4.76. The highest BCUT2D eigenvalue weighted by atomic mass is 35.5. The zero-order valence-electron chi connectivity index (χ0n) is 18.8. The van der Waals surface area contributed by atoms with E-state index < -0.39 is 15.9 Å². The summed E-state index contributed by atoms with van der Waals surface area (Å²) in [5.74, 6) is -0.609. The zero-order valence-corrected chi connectivity index (χ0v) is 21.2. The number of para-hydroxylation sites is 1. The predicted octanol–water partition coefficient (Wildman–Crippen LogP) is 4.28. The van der Waals surface area contributed by atoms with Gasteiger partial charge in [0.1, 0.15) is 5.52 Å². The van der Waals surface area contributed by atoms with Gasteiger partial charge in [-0.1, -0.05) is 47.2 Å². The lowest BCUT2D eigenvalue weighted by Crippen LogP contribution is -2.47. The first kappa shape index (κ1) is 23.9. The smallest absolute Gasteiger partial charge is 0.243 e. The molecule has 1 fully saturated rings. The molecule has 5 rings (SSSR count). The fourth-order valence-electron chi connectivity index (χ4n) is 4.28. The molecule has 2 aromatic carbocycles. The van der Waals surface area contributed by atoms with Crippen molar-refractivity contribution in [3.63, 3.8) is 0 Å². The van der Waals surface area contributed by atoms with Gasteiger partial charge in [0, 0.05) is 32.0 Å². The molecule has 1 unspecified atom stereocenters. The average molecular weight is 530 g/mol. The van der Waals surface area contributed by atoms with Gasteiger partial charge in [0.2, 0.25) is 15.9 Å². The highest BCUT2D eigenvalue weighted by Gasteiger charge is 2.36. The van der Waals surface area contributed by atoms with Crippen LogP contribution in [0.25, 0.3) is 10.2 Å². The van der Waals surface area contributed by atoms with Crippen molar-refractivity contribution in [2.45, 2.75) is 24.3 Å². The molecule has 1 aliphatic heterocycles. The number of carbonyl (C=O) groups excluding carboxylic acids is 1. The van der Waals surface area contributed by atoms with Crippen LogP contribution in [0.4, 0.5) is 5.13 Å². The van der Waals surface area contributed by atoms with Crippen molar-refractivity contribution in [1.82, 2.24) is 19.1 Å². The highest BCUT2D eigenvalue weighted by Crippen LogP contribution is 2.34. The minimum Gasteiger partial charge on any atom is -0.286 e. The number of amides is 1. The van der Waals surface area contributed by atoms with Gasteiger partial charge in [-0.3, -0.25) is 14.4 Å². The summed E-state index contributed by atoms with van der Waals surface area (Å²) in [4.78, 5) is 20.4. The molecule has 0 N–H and O–H groups in total. The first-order valence-corrected chi connectivity index (χ1v) is 14.0. The van der Waals surface area contributed by atoms with Crippen LogP contribution in [0.3, 0.4) is 0 Å². The maximum Gasteiger partial charge on any atom is 0.243 e. The van der Waals surface area contributed by atoms with Crippen LogP contribution in [-0.4, -0.2) is 53.0 Å². The van der Waals surface area contributed by atoms with Crippen molar-refractivity contribution in [3.8, 4) is 0 Å². The van der Waals surface area contributed by atoms with Crippen LogP contribution in [0, 0.1) is 5.92 Å². The fraction of sp³-hybridized carbons (Fsp3) is 0.292. The van der Waals surface area contributed by atoms with E-state index in [-0.39, 0.29) is 17.3 Å². The third-order valence-electron chi connectivity index (χ3n) is 6.08. The van der Waals surface area contributed by atoms with Gasteiger partial charge in [-0.25, -0.2) is 13.4 Å². The molecule has 0 bridgehead atoms. The second-order valence-corrected chi connectivity index (χ2v) is 11.7. The van der Waals surface area contributed by atoms with E-state index in [0.29, 0.717) is 48.1 Å². The highest BCUT2D eigenvalue weighted by molar-refractivity contribution is 7.89. The number of benzene rings is 2. The lowest BCUT2D eigenvalue weighted by atomic mass is 9.98. The van der Waals surface area contributed by atoms with Gasteiger partial charge >= 0.3 is 0 Å². The van der Waals surface area contributed by atoms with Gasteiger partial charge in [0.25, 0.3) is 0 Å². The Hall–Kier alpha value is -2.79. The molecule has 182 valence electrons. The third-order valence-corrected chi connectivity index (χ3v) is 9.31. The molecule has 35 heavy (non-hydrogen) atoms. The van der Waals surface area contributed by atoms with Crippen molar-refractivity contribution in [2.24, 2.45) is 5.92 Å². The van der Waals surface area contributed by atoms with Crippen LogP contribution >= 0.6 is 22.9 Å². The molecule has 1 aliphatic rings. The van der Waals surface area contributed by atoms with Crippen molar-refractivity contribution < 1.29 is 13.2 Å². The Labute approximate surface area is 212 Å². The first-order chi connectivity index (χ1) is 16.9. The number of piperidine rings is 1. The Morgan fingerprint density at radius 2 is 1.97 bits per heavy atom. The van der Waals surface area contributed by atoms with Gasteiger partial charge in [0.15, 0.2) is 5.13 Å². The molecule has 3 heterocycles. The summed E-state index contributed by atoms with van der Waals surface area (Å²) in [5, 5.41) is 5.32. The van der Waals surface area contributed by atoms with Crippen molar-refractivity contribution >= 4 is 54.2 Å². The zero-order chi connectivity index (χ0) is 24.4. The quantitative estimate of drug-likeness (QED) is 0.356. The molecule has 0 radical (unpaired) electrons. The number of anilines is 1. The van der Waals surface area contributed by atoms with Gasteiger partial charge in [-0.05, 0) is 43.2 Å². The number of fused-ring (bicyclic) bond motifs is 1. The number of aromatic nitrogens is 3. The average Bonchev–Trinajstić information content (AvgIpc) is 3.56. The Morgan fingerprint density at radius 1 is 1.14 bits per heavy atom. The second kappa shape index (κ2) is 10.1. The summed E-state index contributed by atoms with van der Waals surface area (Å²) in [6.45, 7) is 1.38. The third kappa shape index (κ3) is 4.97. The van der Waals surface area contributed by atoms with Gasteiger partial charge in [-0.15, -0.1) is 0 Å². The monoisotopic (exact) mass is 529 g/mol. The van der Waals surface area contributed by atoms with E-state index in [9.17, 15) is 13.2 Å². The van der Waals surface area contributed by atoms with E-state index in [1.165, 1.54) is 15.6 Å². The molecule has 4 aromatic rings. The van der Waals surface area contributed by atoms with Gasteiger partial charge in [-0.2, -0.15) is 9.40 Å². The first-order valence-electron chi connectivity index (χ1n) is 11.3. The molecule has 11 heteroatoms. The minimum atomic E-state index is -3.67. The summed E-state index contributed by atoms with van der Waals surface area (Å²) in [5.41, 5.74) is 0.656. The van der Waals surface area contributed by atoms with E-state index in [0.717, 1.165) is 4.70 Å². The maximum atomic E-state index is 13.8. The topological polar surface area (TPSA) is 88.4 Å². The van der Waals surface area contributed by atoms with Crippen LogP contribution in [-0.2, 0) is 21.4 Å². The Morgan fingerprint density at radius 3 is 2.71 bits per heavy atom. The summed E-state index contributed by atoms with van der Waals surface area (Å²) < 4.78 is 30.5. The van der Waals surface area contributed by atoms with Crippen molar-refractivity contribution in [1.29, 1.82) is 0 Å². The lowest BCUT2D eigenvalue weighted by molar-refractivity contribution is -0.123. The van der Waals surface area contributed by atoms with Crippen molar-refractivity contribution in [3.05, 3.63) is 72.0 Å². The van der Waals surface area contributed by atoms with Crippen LogP contribution in [0.1, 0.15) is 12.8 Å². The largest absolute Gasteiger partial charge is 0.286 e. The SMILES string of the molecule is O=C(C1CCCN(S(=O)(=O)c2ccccc2)C1)N(CCn1cccn1)c1nc2c(Cl)cccc2s1. The normalized spacial score (nSPS) is 17.0. The van der Waals surface area contributed by atoms with E-state index in [1.807, 2.05) is 24.4 Å². The van der Waals surface area contributed by atoms with Crippen LogP contribution in [0.2, 0.25) is 5.02 Å². The van der Waals surface area contributed by atoms with Crippen LogP contribution in [0.15, 0.2) is 71.9 Å². The number of hydrogen-bond acceptors (Lipinski definition) is 6. The van der Waals surface area contributed by atoms with E-state index >= 15 is 0 Å². The molecule has 0 saturated carbocycles. The fourth-order valence-corrected chi connectivity index (χ4v) is 7.12. The lowest BCUT2D eigenvalue weighted by Gasteiger charge is -2.33. The van der Waals surface area contributed by atoms with Crippen molar-refractivity contribution in [2.75, 3.05) is 24.5 Å². The molecule has 1 amide bonds. The molecule has 2 aromatic heterocycles. The van der Waals surface area contributed by atoms with E-state index in [1.54, 1.807) is 52.2 Å². The minimum absolute atomic E-state index is 0.139. The predicted molar refractivity (Wildman–Crippen MR) is 137 cm³/mol. The number of hydrogen-bond donors (Lipinski definition) is 0. The van der Waals surface area contributed by atoms with Gasteiger partial charge in [0.05, 0.1) is 27.1 Å². The molecule has 1 saturated heterocycles. The van der Waals surface area contributed by atoms with Crippen LogP contribution in [0.5, 0.6) is 0 Å². The Balaban J connectivity index is 1.42. The number of sulfonamides is 1. The number of nitrogens with zero attached hydrogens (tertiary/aromatic N) is 5. The standard InChI is InChI=1S/C24H24ClN5O3S2/c25-20-10-4-11-21-22(20)27-24(34-21)30(16-15-28-13-6-12-26-28)23(31)18-7-5-14-29(17-18)35(32,33)19-8-2-1-3-9-19/h1-4,6,8-13,18H,5,7,14-17H2. The van der Waals surface area contributed by atoms with E-state index in [2.05, 4.69) is 10.1 Å². The number of carbonyl (C=O) groups is 1. The molecule has 0 aliphatic carbocycles. The molecule has 8 nitrogen and oxygen atoms in total. The molecule has 0 spiro atoms. The van der Waals surface area contributed by atoms with Crippen LogP contribution < -0.4 is 4.90 Å². The number of thiazole rings is 1.